The van der Waals surface area contributed by atoms with Gasteiger partial charge >= 0.3 is 0 Å². The maximum Gasteiger partial charge on any atom is 0.273 e. The molecule has 0 aliphatic heterocycles. The Bertz CT molecular complexity index is 508. The Balaban J connectivity index is 0.00000200. The average molecular weight is 348 g/mol. The minimum absolute atomic E-state index is 0. The van der Waals surface area contributed by atoms with Crippen molar-refractivity contribution in [2.75, 3.05) is 19.6 Å². The molecular weight excluding hydrogens is 329 g/mol. The van der Waals surface area contributed by atoms with Crippen LogP contribution in [-0.4, -0.2) is 35.4 Å². The lowest BCUT2D eigenvalue weighted by Gasteiger charge is -2.21. The predicted molar refractivity (Wildman–Crippen MR) is 91.7 cm³/mol. The van der Waals surface area contributed by atoms with Gasteiger partial charge in [0.05, 0.1) is 5.51 Å². The highest BCUT2D eigenvalue weighted by atomic mass is 35.5. The molecule has 0 aliphatic carbocycles. The van der Waals surface area contributed by atoms with E-state index in [0.717, 1.165) is 6.42 Å². The monoisotopic (exact) mass is 347 g/mol. The van der Waals surface area contributed by atoms with E-state index in [4.69, 9.17) is 5.73 Å². The molecule has 0 radical (unpaired) electrons. The van der Waals surface area contributed by atoms with Crippen molar-refractivity contribution in [1.82, 2.24) is 9.88 Å². The van der Waals surface area contributed by atoms with Crippen LogP contribution in [0.25, 0.3) is 0 Å². The molecule has 2 rings (SSSR count). The number of carbonyl (C=O) groups excluding carboxylic acids is 1. The zero-order valence-electron chi connectivity index (χ0n) is 11.5. The van der Waals surface area contributed by atoms with Crippen LogP contribution in [0.4, 0.5) is 0 Å². The Morgan fingerprint density at radius 1 is 1.19 bits per heavy atom. The second-order valence-electron chi connectivity index (χ2n) is 4.19. The normalized spacial score (nSPS) is 9.38. The Labute approximate surface area is 141 Å². The van der Waals surface area contributed by atoms with Crippen molar-refractivity contribution in [1.29, 1.82) is 0 Å². The Morgan fingerprint density at radius 2 is 1.90 bits per heavy atom. The number of carbonyl (C=O) groups is 1. The highest BCUT2D eigenvalue weighted by Crippen LogP contribution is 2.07. The number of nitrogens with two attached hydrogens (primary N) is 1. The van der Waals surface area contributed by atoms with E-state index >= 15 is 0 Å². The van der Waals surface area contributed by atoms with Gasteiger partial charge in [-0.25, -0.2) is 4.98 Å². The summed E-state index contributed by atoms with van der Waals surface area (Å²) in [6.07, 6.45) is 0.830. The van der Waals surface area contributed by atoms with Gasteiger partial charge in [0.15, 0.2) is 0 Å². The number of benzene rings is 1. The van der Waals surface area contributed by atoms with Gasteiger partial charge in [0, 0.05) is 25.0 Å². The average Bonchev–Trinajstić information content (AvgIpc) is 2.98. The van der Waals surface area contributed by atoms with Crippen molar-refractivity contribution < 1.29 is 4.79 Å². The standard InChI is InChI=1S/C14H17N3OS.2ClH/c15-7-9-17(14(18)13-10-19-11-16-13)8-6-12-4-2-1-3-5-12;;/h1-5,10-11H,6-9,15H2;2*1H. The molecule has 1 heterocycles. The molecule has 0 bridgehead atoms. The van der Waals surface area contributed by atoms with Gasteiger partial charge in [-0.15, -0.1) is 36.2 Å². The lowest BCUT2D eigenvalue weighted by Crippen LogP contribution is -2.37. The summed E-state index contributed by atoms with van der Waals surface area (Å²) in [7, 11) is 0. The predicted octanol–water partition coefficient (Wildman–Crippen LogP) is 2.63. The van der Waals surface area contributed by atoms with Gasteiger partial charge < -0.3 is 10.6 Å². The van der Waals surface area contributed by atoms with Crippen LogP contribution in [0.5, 0.6) is 0 Å². The zero-order valence-corrected chi connectivity index (χ0v) is 13.9. The second-order valence-corrected chi connectivity index (χ2v) is 4.91. The van der Waals surface area contributed by atoms with Gasteiger partial charge in [-0.2, -0.15) is 0 Å². The third-order valence-electron chi connectivity index (χ3n) is 2.85. The third-order valence-corrected chi connectivity index (χ3v) is 3.44. The van der Waals surface area contributed by atoms with Gasteiger partial charge in [-0.3, -0.25) is 4.79 Å². The van der Waals surface area contributed by atoms with Crippen molar-refractivity contribution in [2.45, 2.75) is 6.42 Å². The SMILES string of the molecule is Cl.Cl.NCCN(CCc1ccccc1)C(=O)c1cscn1. The minimum Gasteiger partial charge on any atom is -0.336 e. The van der Waals surface area contributed by atoms with E-state index < -0.39 is 0 Å². The zero-order chi connectivity index (χ0) is 13.5. The molecule has 2 N–H and O–H groups in total. The van der Waals surface area contributed by atoms with Gasteiger partial charge in [0.1, 0.15) is 5.69 Å². The highest BCUT2D eigenvalue weighted by Gasteiger charge is 2.16. The topological polar surface area (TPSA) is 59.2 Å². The third kappa shape index (κ3) is 6.01. The molecule has 4 nitrogen and oxygen atoms in total. The first-order chi connectivity index (χ1) is 9.31. The summed E-state index contributed by atoms with van der Waals surface area (Å²) >= 11 is 1.43. The fourth-order valence-corrected chi connectivity index (χ4v) is 2.39. The van der Waals surface area contributed by atoms with Crippen LogP contribution in [0.1, 0.15) is 16.1 Å². The molecule has 7 heteroatoms. The van der Waals surface area contributed by atoms with Gasteiger partial charge in [-0.05, 0) is 12.0 Å². The fraction of sp³-hybridized carbons (Fsp3) is 0.286. The van der Waals surface area contributed by atoms with Crippen LogP contribution in [-0.2, 0) is 6.42 Å². The van der Waals surface area contributed by atoms with Crippen LogP contribution in [0.15, 0.2) is 41.2 Å². The molecule has 0 fully saturated rings. The maximum atomic E-state index is 12.2. The van der Waals surface area contributed by atoms with Crippen LogP contribution >= 0.6 is 36.2 Å². The summed E-state index contributed by atoms with van der Waals surface area (Å²) in [5.74, 6) is -0.0392. The van der Waals surface area contributed by atoms with Crippen LogP contribution in [0.2, 0.25) is 0 Å². The van der Waals surface area contributed by atoms with Crippen LogP contribution in [0.3, 0.4) is 0 Å². The van der Waals surface area contributed by atoms with Crippen molar-refractivity contribution in [3.63, 3.8) is 0 Å². The number of hydrogen-bond acceptors (Lipinski definition) is 4. The lowest BCUT2D eigenvalue weighted by atomic mass is 10.1. The molecule has 1 aromatic carbocycles. The molecule has 116 valence electrons. The molecule has 0 aliphatic rings. The van der Waals surface area contributed by atoms with E-state index in [0.29, 0.717) is 25.3 Å². The van der Waals surface area contributed by atoms with Crippen molar-refractivity contribution in [2.24, 2.45) is 5.73 Å². The number of amides is 1. The van der Waals surface area contributed by atoms with E-state index in [9.17, 15) is 4.79 Å². The Hall–Kier alpha value is -1.14. The highest BCUT2D eigenvalue weighted by molar-refractivity contribution is 7.07. The molecule has 1 aromatic heterocycles. The first-order valence-electron chi connectivity index (χ1n) is 6.22. The number of nitrogens with zero attached hydrogens (tertiary/aromatic N) is 2. The summed E-state index contributed by atoms with van der Waals surface area (Å²) in [6, 6.07) is 10.1. The number of thiazole rings is 1. The molecule has 0 unspecified atom stereocenters. The molecule has 1 amide bonds. The number of halogens is 2. The number of aromatic nitrogens is 1. The van der Waals surface area contributed by atoms with E-state index in [1.165, 1.54) is 16.9 Å². The maximum absolute atomic E-state index is 12.2. The first-order valence-corrected chi connectivity index (χ1v) is 7.17. The van der Waals surface area contributed by atoms with E-state index in [-0.39, 0.29) is 30.7 Å². The summed E-state index contributed by atoms with van der Waals surface area (Å²) in [5.41, 5.74) is 8.97. The molecular formula is C14H19Cl2N3OS. The summed E-state index contributed by atoms with van der Waals surface area (Å²) in [6.45, 7) is 1.69. The summed E-state index contributed by atoms with van der Waals surface area (Å²) < 4.78 is 0. The Morgan fingerprint density at radius 3 is 2.48 bits per heavy atom. The Kier molecular flexibility index (Phi) is 9.99. The van der Waals surface area contributed by atoms with Crippen LogP contribution < -0.4 is 5.73 Å². The van der Waals surface area contributed by atoms with Gasteiger partial charge in [-0.1, -0.05) is 30.3 Å². The molecule has 0 atom stereocenters. The first kappa shape index (κ1) is 19.9. The molecule has 2 aromatic rings. The fourth-order valence-electron chi connectivity index (χ4n) is 1.86. The summed E-state index contributed by atoms with van der Waals surface area (Å²) in [4.78, 5) is 18.1. The van der Waals surface area contributed by atoms with E-state index in [1.54, 1.807) is 15.8 Å². The van der Waals surface area contributed by atoms with E-state index in [1.807, 2.05) is 18.2 Å². The molecule has 0 spiro atoms. The largest absolute Gasteiger partial charge is 0.336 e. The lowest BCUT2D eigenvalue weighted by molar-refractivity contribution is 0.0757. The minimum atomic E-state index is -0.0392. The number of hydrogen-bond donors (Lipinski definition) is 1. The quantitative estimate of drug-likeness (QED) is 0.873. The molecule has 0 saturated heterocycles. The summed E-state index contributed by atoms with van der Waals surface area (Å²) in [5, 5.41) is 1.77. The smallest absolute Gasteiger partial charge is 0.273 e. The van der Waals surface area contributed by atoms with E-state index in [2.05, 4.69) is 17.1 Å². The number of rotatable bonds is 6. The van der Waals surface area contributed by atoms with Crippen molar-refractivity contribution in [3.8, 4) is 0 Å². The van der Waals surface area contributed by atoms with Gasteiger partial charge in [0.2, 0.25) is 0 Å². The van der Waals surface area contributed by atoms with Gasteiger partial charge in [0.25, 0.3) is 5.91 Å². The van der Waals surface area contributed by atoms with Crippen molar-refractivity contribution in [3.05, 3.63) is 52.5 Å². The van der Waals surface area contributed by atoms with Crippen molar-refractivity contribution >= 4 is 42.1 Å². The molecule has 0 saturated carbocycles. The van der Waals surface area contributed by atoms with Crippen LogP contribution in [0, 0.1) is 0 Å². The second kappa shape index (κ2) is 10.6. The molecule has 21 heavy (non-hydrogen) atoms.